The molecule has 0 amide bonds. The highest BCUT2D eigenvalue weighted by atomic mass is 16.5. The molecule has 0 aliphatic heterocycles. The minimum atomic E-state index is -0.366. The van der Waals surface area contributed by atoms with Crippen LogP contribution in [-0.4, -0.2) is 41.3 Å². The number of methoxy groups -OCH3 is 1. The van der Waals surface area contributed by atoms with Crippen molar-refractivity contribution in [3.63, 3.8) is 0 Å². The van der Waals surface area contributed by atoms with Crippen molar-refractivity contribution in [2.24, 2.45) is 5.73 Å². The molecule has 0 spiro atoms. The van der Waals surface area contributed by atoms with Gasteiger partial charge in [-0.05, 0) is 42.0 Å². The van der Waals surface area contributed by atoms with E-state index in [1.54, 1.807) is 12.1 Å². The van der Waals surface area contributed by atoms with Gasteiger partial charge in [0.15, 0.2) is 0 Å². The topological polar surface area (TPSA) is 109 Å². The van der Waals surface area contributed by atoms with E-state index in [9.17, 15) is 4.79 Å². The molecule has 2 heterocycles. The van der Waals surface area contributed by atoms with Crippen molar-refractivity contribution in [2.45, 2.75) is 6.54 Å². The first-order valence-corrected chi connectivity index (χ1v) is 8.79. The quantitative estimate of drug-likeness (QED) is 0.311. The van der Waals surface area contributed by atoms with Gasteiger partial charge in [0.1, 0.15) is 5.69 Å². The molecule has 4 aromatic rings. The van der Waals surface area contributed by atoms with Crippen molar-refractivity contribution >= 4 is 27.8 Å². The van der Waals surface area contributed by atoms with Crippen LogP contribution in [0.4, 0.5) is 0 Å². The molecule has 7 heteroatoms. The van der Waals surface area contributed by atoms with Crippen LogP contribution in [0.5, 0.6) is 0 Å². The zero-order valence-electron chi connectivity index (χ0n) is 15.0. The number of carbonyl (C=O) groups is 1. The molecule has 7 nitrogen and oxygen atoms in total. The minimum Gasteiger partial charge on any atom is -0.465 e. The van der Waals surface area contributed by atoms with Gasteiger partial charge in [0.05, 0.1) is 23.9 Å². The Hall–Kier alpha value is -3.16. The molecule has 0 atom stereocenters. The van der Waals surface area contributed by atoms with E-state index >= 15 is 0 Å². The number of fused-ring (bicyclic) bond motifs is 2. The number of nitrogens with zero attached hydrogens (tertiary/aromatic N) is 1. The fourth-order valence-corrected chi connectivity index (χ4v) is 3.22. The standard InChI is InChI=1S/C20H21N5O2/c1-27-20(26)13-3-4-15-17(9-13)24-25-19(15)18-10-14-8-12(11-22-7-6-21)2-5-16(14)23-18/h2-5,8-10,22-23H,6-7,11,21H2,1H3,(H,24,25). The lowest BCUT2D eigenvalue weighted by Crippen LogP contribution is -2.21. The van der Waals surface area contributed by atoms with Crippen LogP contribution in [0.3, 0.4) is 0 Å². The molecule has 138 valence electrons. The number of rotatable bonds is 6. The summed E-state index contributed by atoms with van der Waals surface area (Å²) < 4.78 is 4.77. The molecule has 0 bridgehead atoms. The number of hydrogen-bond acceptors (Lipinski definition) is 5. The molecule has 4 rings (SSSR count). The second-order valence-corrected chi connectivity index (χ2v) is 6.39. The van der Waals surface area contributed by atoms with E-state index < -0.39 is 0 Å². The summed E-state index contributed by atoms with van der Waals surface area (Å²) in [4.78, 5) is 15.1. The molecular formula is C20H21N5O2. The average Bonchev–Trinajstić information content (AvgIpc) is 3.30. The van der Waals surface area contributed by atoms with Crippen molar-refractivity contribution < 1.29 is 9.53 Å². The van der Waals surface area contributed by atoms with E-state index in [4.69, 9.17) is 10.5 Å². The molecule has 0 aliphatic carbocycles. The molecule has 0 radical (unpaired) electrons. The van der Waals surface area contributed by atoms with E-state index in [1.165, 1.54) is 12.7 Å². The largest absolute Gasteiger partial charge is 0.465 e. The average molecular weight is 363 g/mol. The smallest absolute Gasteiger partial charge is 0.337 e. The molecule has 0 saturated carbocycles. The predicted molar refractivity (Wildman–Crippen MR) is 105 cm³/mol. The Morgan fingerprint density at radius 2 is 2.07 bits per heavy atom. The predicted octanol–water partition coefficient (Wildman–Crippen LogP) is 2.55. The van der Waals surface area contributed by atoms with Crippen LogP contribution in [0.25, 0.3) is 33.2 Å². The van der Waals surface area contributed by atoms with Crippen LogP contribution in [0, 0.1) is 0 Å². The van der Waals surface area contributed by atoms with Crippen molar-refractivity contribution in [3.8, 4) is 11.4 Å². The fourth-order valence-electron chi connectivity index (χ4n) is 3.22. The molecule has 0 aliphatic rings. The monoisotopic (exact) mass is 363 g/mol. The van der Waals surface area contributed by atoms with Crippen molar-refractivity contribution in [3.05, 3.63) is 53.6 Å². The van der Waals surface area contributed by atoms with Crippen LogP contribution in [0.1, 0.15) is 15.9 Å². The van der Waals surface area contributed by atoms with Gasteiger partial charge in [-0.1, -0.05) is 6.07 Å². The SMILES string of the molecule is COC(=O)c1ccc2c(-c3cc4cc(CNCCN)ccc4[nH]3)n[nH]c2c1. The van der Waals surface area contributed by atoms with Crippen LogP contribution in [0.15, 0.2) is 42.5 Å². The molecule has 2 aromatic heterocycles. The first-order valence-electron chi connectivity index (χ1n) is 8.79. The van der Waals surface area contributed by atoms with E-state index in [0.717, 1.165) is 46.3 Å². The Morgan fingerprint density at radius 1 is 1.19 bits per heavy atom. The van der Waals surface area contributed by atoms with Gasteiger partial charge in [0, 0.05) is 35.9 Å². The second-order valence-electron chi connectivity index (χ2n) is 6.39. The van der Waals surface area contributed by atoms with Gasteiger partial charge in [-0.15, -0.1) is 0 Å². The first-order chi connectivity index (χ1) is 13.2. The summed E-state index contributed by atoms with van der Waals surface area (Å²) in [5.41, 5.74) is 10.8. The summed E-state index contributed by atoms with van der Waals surface area (Å²) in [7, 11) is 1.37. The molecule has 0 fully saturated rings. The van der Waals surface area contributed by atoms with E-state index in [-0.39, 0.29) is 5.97 Å². The summed E-state index contributed by atoms with van der Waals surface area (Å²) in [6.45, 7) is 2.21. The molecule has 27 heavy (non-hydrogen) atoms. The second kappa shape index (κ2) is 7.22. The zero-order valence-corrected chi connectivity index (χ0v) is 15.0. The molecule has 0 saturated heterocycles. The van der Waals surface area contributed by atoms with Gasteiger partial charge < -0.3 is 20.8 Å². The molecular weight excluding hydrogens is 342 g/mol. The molecule has 5 N–H and O–H groups in total. The van der Waals surface area contributed by atoms with Gasteiger partial charge in [0.25, 0.3) is 0 Å². The Labute approximate surface area is 155 Å². The number of aromatic nitrogens is 3. The third-order valence-corrected chi connectivity index (χ3v) is 4.57. The number of benzene rings is 2. The highest BCUT2D eigenvalue weighted by Gasteiger charge is 2.13. The lowest BCUT2D eigenvalue weighted by Gasteiger charge is -2.02. The Balaban J connectivity index is 1.68. The van der Waals surface area contributed by atoms with Gasteiger partial charge in [-0.2, -0.15) is 5.10 Å². The summed E-state index contributed by atoms with van der Waals surface area (Å²) >= 11 is 0. The number of ether oxygens (including phenoxy) is 1. The van der Waals surface area contributed by atoms with E-state index in [0.29, 0.717) is 12.1 Å². The number of nitrogens with one attached hydrogen (secondary N) is 3. The van der Waals surface area contributed by atoms with E-state index in [1.807, 2.05) is 6.07 Å². The minimum absolute atomic E-state index is 0.366. The zero-order chi connectivity index (χ0) is 18.8. The maximum Gasteiger partial charge on any atom is 0.337 e. The lowest BCUT2D eigenvalue weighted by atomic mass is 10.1. The van der Waals surface area contributed by atoms with E-state index in [2.05, 4.69) is 44.8 Å². The number of hydrogen-bond donors (Lipinski definition) is 4. The highest BCUT2D eigenvalue weighted by molar-refractivity contribution is 5.99. The maximum atomic E-state index is 11.7. The van der Waals surface area contributed by atoms with Crippen LogP contribution < -0.4 is 11.1 Å². The summed E-state index contributed by atoms with van der Waals surface area (Å²) in [5.74, 6) is -0.366. The molecule has 0 unspecified atom stereocenters. The Bertz CT molecular complexity index is 1110. The first kappa shape index (κ1) is 17.3. The number of aromatic amines is 2. The van der Waals surface area contributed by atoms with Gasteiger partial charge in [0.2, 0.25) is 0 Å². The fraction of sp³-hybridized carbons (Fsp3) is 0.200. The third kappa shape index (κ3) is 3.30. The van der Waals surface area contributed by atoms with Crippen molar-refractivity contribution in [1.82, 2.24) is 20.5 Å². The number of esters is 1. The van der Waals surface area contributed by atoms with Crippen LogP contribution >= 0.6 is 0 Å². The van der Waals surface area contributed by atoms with Crippen LogP contribution in [-0.2, 0) is 11.3 Å². The maximum absolute atomic E-state index is 11.7. The number of carbonyl (C=O) groups excluding carboxylic acids is 1. The molecule has 2 aromatic carbocycles. The highest BCUT2D eigenvalue weighted by Crippen LogP contribution is 2.29. The Kier molecular flexibility index (Phi) is 4.62. The summed E-state index contributed by atoms with van der Waals surface area (Å²) in [6.07, 6.45) is 0. The van der Waals surface area contributed by atoms with Crippen molar-refractivity contribution in [1.29, 1.82) is 0 Å². The third-order valence-electron chi connectivity index (χ3n) is 4.57. The van der Waals surface area contributed by atoms with Gasteiger partial charge in [-0.25, -0.2) is 4.79 Å². The Morgan fingerprint density at radius 3 is 2.89 bits per heavy atom. The summed E-state index contributed by atoms with van der Waals surface area (Å²) in [6, 6.07) is 13.8. The van der Waals surface area contributed by atoms with Crippen molar-refractivity contribution in [2.75, 3.05) is 20.2 Å². The number of H-pyrrole nitrogens is 2. The lowest BCUT2D eigenvalue weighted by molar-refractivity contribution is 0.0601. The van der Waals surface area contributed by atoms with Gasteiger partial charge >= 0.3 is 5.97 Å². The van der Waals surface area contributed by atoms with Gasteiger partial charge in [-0.3, -0.25) is 5.10 Å². The normalized spacial score (nSPS) is 11.3. The van der Waals surface area contributed by atoms with Crippen LogP contribution in [0.2, 0.25) is 0 Å². The summed E-state index contributed by atoms with van der Waals surface area (Å²) in [5, 5.41) is 12.8. The number of nitrogens with two attached hydrogens (primary N) is 1.